The van der Waals surface area contributed by atoms with Crippen molar-refractivity contribution in [3.8, 4) is 0 Å². The van der Waals surface area contributed by atoms with E-state index in [1.54, 1.807) is 30.3 Å². The average Bonchev–Trinajstić information content (AvgIpc) is 3.28. The summed E-state index contributed by atoms with van der Waals surface area (Å²) in [4.78, 5) is 14.8. The van der Waals surface area contributed by atoms with Crippen LogP contribution in [-0.4, -0.2) is 34.8 Å². The van der Waals surface area contributed by atoms with Crippen molar-refractivity contribution in [2.75, 3.05) is 6.54 Å². The van der Waals surface area contributed by atoms with Crippen molar-refractivity contribution in [2.45, 2.75) is 63.4 Å². The molecule has 6 atom stereocenters. The van der Waals surface area contributed by atoms with Crippen molar-refractivity contribution < 1.29 is 41.0 Å². The Kier molecular flexibility index (Phi) is 8.15. The Morgan fingerprint density at radius 1 is 0.905 bits per heavy atom. The number of aliphatic hydroxyl groups is 1. The number of hydrogen-bond acceptors (Lipinski definition) is 3. The lowest BCUT2D eigenvalue weighted by Gasteiger charge is -2.42. The molecular formula is C32H31F6NO3. The fourth-order valence-electron chi connectivity index (χ4n) is 6.53. The molecule has 0 radical (unpaired) electrons. The largest absolute Gasteiger partial charge is 0.416 e. The van der Waals surface area contributed by atoms with Crippen molar-refractivity contribution in [2.24, 2.45) is 11.8 Å². The summed E-state index contributed by atoms with van der Waals surface area (Å²) in [5.74, 6) is -1.28. The molecule has 1 aliphatic carbocycles. The molecule has 1 unspecified atom stereocenters. The first-order valence-electron chi connectivity index (χ1n) is 13.8. The summed E-state index contributed by atoms with van der Waals surface area (Å²) in [6.45, 7) is 3.66. The Balaban J connectivity index is 1.49. The second-order valence-corrected chi connectivity index (χ2v) is 11.2. The van der Waals surface area contributed by atoms with Gasteiger partial charge in [0.1, 0.15) is 6.23 Å². The summed E-state index contributed by atoms with van der Waals surface area (Å²) in [7, 11) is 0. The second kappa shape index (κ2) is 11.4. The molecule has 1 saturated carbocycles. The molecule has 3 aromatic rings. The molecule has 1 aliphatic heterocycles. The van der Waals surface area contributed by atoms with Gasteiger partial charge in [0.25, 0.3) is 5.91 Å². The molecule has 10 heteroatoms. The number of rotatable bonds is 5. The van der Waals surface area contributed by atoms with Gasteiger partial charge in [-0.2, -0.15) is 26.3 Å². The van der Waals surface area contributed by atoms with Crippen LogP contribution in [-0.2, 0) is 17.1 Å². The molecule has 4 nitrogen and oxygen atoms in total. The van der Waals surface area contributed by atoms with Crippen LogP contribution in [0.3, 0.4) is 0 Å². The summed E-state index contributed by atoms with van der Waals surface area (Å²) in [6.07, 6.45) is -11.8. The van der Waals surface area contributed by atoms with E-state index in [-0.39, 0.29) is 23.5 Å². The molecule has 1 amide bonds. The van der Waals surface area contributed by atoms with Gasteiger partial charge in [0, 0.05) is 23.9 Å². The minimum absolute atomic E-state index is 0.0715. The van der Waals surface area contributed by atoms with Crippen LogP contribution >= 0.6 is 0 Å². The number of halogens is 6. The van der Waals surface area contributed by atoms with E-state index in [4.69, 9.17) is 4.74 Å². The molecule has 1 heterocycles. The third kappa shape index (κ3) is 5.92. The lowest BCUT2D eigenvalue weighted by Crippen LogP contribution is -2.43. The molecule has 2 aliphatic rings. The lowest BCUT2D eigenvalue weighted by molar-refractivity contribution is -0.143. The van der Waals surface area contributed by atoms with E-state index < -0.39 is 53.8 Å². The third-order valence-corrected chi connectivity index (χ3v) is 8.56. The van der Waals surface area contributed by atoms with E-state index in [0.29, 0.717) is 37.1 Å². The van der Waals surface area contributed by atoms with Crippen LogP contribution < -0.4 is 0 Å². The minimum Gasteiger partial charge on any atom is -0.373 e. The van der Waals surface area contributed by atoms with Gasteiger partial charge >= 0.3 is 12.4 Å². The van der Waals surface area contributed by atoms with E-state index in [1.807, 2.05) is 31.2 Å². The Bertz CT molecular complexity index is 1390. The summed E-state index contributed by atoms with van der Waals surface area (Å²) in [5, 5.41) is 11.6. The maximum atomic E-state index is 13.5. The van der Waals surface area contributed by atoms with Gasteiger partial charge in [0.15, 0.2) is 0 Å². The molecule has 1 N–H and O–H groups in total. The maximum Gasteiger partial charge on any atom is 0.416 e. The van der Waals surface area contributed by atoms with E-state index >= 15 is 0 Å². The molecule has 1 saturated heterocycles. The molecule has 0 spiro atoms. The highest BCUT2D eigenvalue weighted by atomic mass is 19.4. The monoisotopic (exact) mass is 591 g/mol. The molecule has 3 aromatic carbocycles. The van der Waals surface area contributed by atoms with Crippen molar-refractivity contribution in [1.82, 2.24) is 4.90 Å². The van der Waals surface area contributed by atoms with E-state index in [9.17, 15) is 36.2 Å². The maximum absolute atomic E-state index is 13.5. The predicted octanol–water partition coefficient (Wildman–Crippen LogP) is 7.76. The minimum atomic E-state index is -4.97. The van der Waals surface area contributed by atoms with E-state index in [2.05, 4.69) is 0 Å². The zero-order valence-electron chi connectivity index (χ0n) is 23.0. The Morgan fingerprint density at radius 3 is 2.10 bits per heavy atom. The van der Waals surface area contributed by atoms with Crippen LogP contribution in [0.15, 0.2) is 72.8 Å². The zero-order valence-corrected chi connectivity index (χ0v) is 23.0. The van der Waals surface area contributed by atoms with Crippen molar-refractivity contribution in [1.29, 1.82) is 0 Å². The number of carbonyl (C=O) groups is 1. The van der Waals surface area contributed by atoms with Gasteiger partial charge in [-0.15, -0.1) is 0 Å². The number of carbonyl (C=O) groups excluding carboxylic acids is 1. The van der Waals surface area contributed by atoms with Gasteiger partial charge in [0.05, 0.1) is 23.3 Å². The van der Waals surface area contributed by atoms with Crippen LogP contribution in [0.25, 0.3) is 0 Å². The number of likely N-dealkylation sites (tertiary alicyclic amines) is 1. The Hall–Kier alpha value is -3.37. The highest BCUT2D eigenvalue weighted by Crippen LogP contribution is 2.51. The second-order valence-electron chi connectivity index (χ2n) is 11.2. The molecule has 0 aromatic heterocycles. The Morgan fingerprint density at radius 2 is 1.50 bits per heavy atom. The smallest absolute Gasteiger partial charge is 0.373 e. The van der Waals surface area contributed by atoms with Crippen LogP contribution in [0.4, 0.5) is 26.3 Å². The van der Waals surface area contributed by atoms with Crippen LogP contribution in [0, 0.1) is 18.8 Å². The number of aryl methyl sites for hydroxylation is 1. The molecular weight excluding hydrogens is 560 g/mol. The van der Waals surface area contributed by atoms with Gasteiger partial charge in [-0.05, 0) is 79.6 Å². The van der Waals surface area contributed by atoms with Gasteiger partial charge in [-0.25, -0.2) is 0 Å². The highest BCUT2D eigenvalue weighted by Gasteiger charge is 2.52. The van der Waals surface area contributed by atoms with Crippen LogP contribution in [0.1, 0.15) is 70.0 Å². The fraction of sp³-hybridized carbons (Fsp3) is 0.406. The molecule has 2 fully saturated rings. The number of benzene rings is 3. The summed E-state index contributed by atoms with van der Waals surface area (Å²) in [6, 6.07) is 17.6. The number of nitrogens with zero attached hydrogens (tertiary/aromatic N) is 1. The van der Waals surface area contributed by atoms with E-state index in [1.165, 1.54) is 11.8 Å². The van der Waals surface area contributed by atoms with Crippen LogP contribution in [0.5, 0.6) is 0 Å². The quantitative estimate of drug-likeness (QED) is 0.309. The van der Waals surface area contributed by atoms with Crippen molar-refractivity contribution in [3.05, 3.63) is 106 Å². The number of aliphatic hydroxyl groups excluding tert-OH is 1. The van der Waals surface area contributed by atoms with Gasteiger partial charge in [-0.1, -0.05) is 42.5 Å². The molecule has 0 bridgehead atoms. The lowest BCUT2D eigenvalue weighted by atomic mass is 9.68. The summed E-state index contributed by atoms with van der Waals surface area (Å²) in [5.41, 5.74) is -0.837. The SMILES string of the molecule is Cc1ccccc1[C@H]1[C@@H]2C(O)N(C(=O)c3ccccc3)C[C@H]2CC[C@@H]1O[C@H](C)c1cc(C(F)(F)F)cc(C(F)(F)F)c1. The third-order valence-electron chi connectivity index (χ3n) is 8.56. The van der Waals surface area contributed by atoms with Gasteiger partial charge in [-0.3, -0.25) is 4.79 Å². The van der Waals surface area contributed by atoms with E-state index in [0.717, 1.165) is 11.1 Å². The first-order chi connectivity index (χ1) is 19.8. The number of fused-ring (bicyclic) bond motifs is 1. The number of amides is 1. The first-order valence-corrected chi connectivity index (χ1v) is 13.8. The number of hydrogen-bond donors (Lipinski definition) is 1. The van der Waals surface area contributed by atoms with Crippen molar-refractivity contribution in [3.63, 3.8) is 0 Å². The van der Waals surface area contributed by atoms with Gasteiger partial charge in [0.2, 0.25) is 0 Å². The normalized spacial score (nSPS) is 25.3. The summed E-state index contributed by atoms with van der Waals surface area (Å²) >= 11 is 0. The topological polar surface area (TPSA) is 49.8 Å². The molecule has 224 valence electrons. The van der Waals surface area contributed by atoms with Gasteiger partial charge < -0.3 is 14.7 Å². The van der Waals surface area contributed by atoms with Crippen molar-refractivity contribution >= 4 is 5.91 Å². The number of alkyl halides is 6. The number of ether oxygens (including phenoxy) is 1. The highest BCUT2D eigenvalue weighted by molar-refractivity contribution is 5.94. The van der Waals surface area contributed by atoms with Crippen LogP contribution in [0.2, 0.25) is 0 Å². The summed E-state index contributed by atoms with van der Waals surface area (Å²) < 4.78 is 87.5. The standard InChI is InChI=1S/C32H31F6NO3/c1-18-8-6-7-11-25(18)28-26(42-19(2)22-14-23(31(33,34)35)16-24(15-22)32(36,37)38)13-12-21-17-39(30(41)27(21)28)29(40)20-9-4-3-5-10-20/h3-11,14-16,19,21,26-28,30,41H,12-13,17H2,1-2H3/t19-,21-,26+,27-,28-,30?/m1/s1. The fourth-order valence-corrected chi connectivity index (χ4v) is 6.53. The zero-order chi connectivity index (χ0) is 30.4. The Labute approximate surface area is 239 Å². The predicted molar refractivity (Wildman–Crippen MR) is 143 cm³/mol. The molecule has 42 heavy (non-hydrogen) atoms. The first kappa shape index (κ1) is 30.1. The average molecular weight is 592 g/mol. The molecule has 5 rings (SSSR count).